The van der Waals surface area contributed by atoms with Crippen molar-refractivity contribution in [2.75, 3.05) is 27.3 Å². The fourth-order valence-corrected chi connectivity index (χ4v) is 4.59. The maximum absolute atomic E-state index is 13.7. The zero-order chi connectivity index (χ0) is 23.9. The molecule has 1 aromatic heterocycles. The van der Waals surface area contributed by atoms with Gasteiger partial charge >= 0.3 is 0 Å². The number of hydrogen-bond acceptors (Lipinski definition) is 5. The molecule has 1 fully saturated rings. The van der Waals surface area contributed by atoms with E-state index < -0.39 is 5.82 Å². The number of hydrogen-bond donors (Lipinski definition) is 1. The molecule has 0 aliphatic carbocycles. The van der Waals surface area contributed by atoms with Crippen molar-refractivity contribution in [2.24, 2.45) is 5.92 Å². The number of carbonyl (C=O) groups is 1. The highest BCUT2D eigenvalue weighted by molar-refractivity contribution is 5.94. The van der Waals surface area contributed by atoms with E-state index >= 15 is 0 Å². The maximum atomic E-state index is 13.7. The quantitative estimate of drug-likeness (QED) is 0.528. The van der Waals surface area contributed by atoms with Gasteiger partial charge in [0.15, 0.2) is 11.5 Å². The van der Waals surface area contributed by atoms with Gasteiger partial charge in [-0.15, -0.1) is 0 Å². The van der Waals surface area contributed by atoms with Crippen molar-refractivity contribution in [3.63, 3.8) is 0 Å². The van der Waals surface area contributed by atoms with Gasteiger partial charge in [0.1, 0.15) is 5.82 Å². The number of pyridine rings is 1. The Morgan fingerprint density at radius 2 is 1.97 bits per heavy atom. The first kappa shape index (κ1) is 23.7. The van der Waals surface area contributed by atoms with E-state index in [1.165, 1.54) is 12.1 Å². The molecule has 1 N–H and O–H groups in total. The molecule has 1 aliphatic rings. The molecular weight excluding hydrogens is 433 g/mol. The van der Waals surface area contributed by atoms with Crippen molar-refractivity contribution in [2.45, 2.75) is 25.4 Å². The van der Waals surface area contributed by atoms with Crippen LogP contribution in [0.3, 0.4) is 0 Å². The molecule has 7 heteroatoms. The van der Waals surface area contributed by atoms with E-state index in [-0.39, 0.29) is 17.9 Å². The number of amides is 1. The molecule has 6 nitrogen and oxygen atoms in total. The number of methoxy groups -OCH3 is 2. The number of halogens is 1. The van der Waals surface area contributed by atoms with Crippen molar-refractivity contribution >= 4 is 5.91 Å². The van der Waals surface area contributed by atoms with Gasteiger partial charge in [0.05, 0.1) is 26.0 Å². The van der Waals surface area contributed by atoms with Crippen LogP contribution in [-0.2, 0) is 6.54 Å². The molecule has 0 saturated carbocycles. The molecule has 2 heterocycles. The van der Waals surface area contributed by atoms with Crippen molar-refractivity contribution in [1.29, 1.82) is 0 Å². The standard InChI is InChI=1S/C27H30FN3O3/c1-33-24-12-11-19(15-25(24)34-2)17-31-14-6-8-21(18-31)26(23-10-3-4-13-29-23)30-27(32)20-7-5-9-22(28)16-20/h3-5,7,9-13,15-16,21,26H,6,8,14,17-18H2,1-2H3,(H,30,32)/t21-,26-/m0/s1. The topological polar surface area (TPSA) is 63.7 Å². The summed E-state index contributed by atoms with van der Waals surface area (Å²) < 4.78 is 24.5. The molecule has 1 aliphatic heterocycles. The monoisotopic (exact) mass is 463 g/mol. The van der Waals surface area contributed by atoms with Gasteiger partial charge in [-0.25, -0.2) is 4.39 Å². The number of likely N-dealkylation sites (tertiary alicyclic amines) is 1. The number of benzene rings is 2. The summed E-state index contributed by atoms with van der Waals surface area (Å²) in [6.07, 6.45) is 3.71. The van der Waals surface area contributed by atoms with E-state index in [4.69, 9.17) is 9.47 Å². The number of ether oxygens (including phenoxy) is 2. The minimum atomic E-state index is -0.430. The normalized spacial score (nSPS) is 17.1. The van der Waals surface area contributed by atoms with Crippen LogP contribution < -0.4 is 14.8 Å². The Labute approximate surface area is 199 Å². The van der Waals surface area contributed by atoms with E-state index in [0.717, 1.165) is 43.7 Å². The lowest BCUT2D eigenvalue weighted by Crippen LogP contribution is -2.43. The van der Waals surface area contributed by atoms with Crippen molar-refractivity contribution in [3.8, 4) is 11.5 Å². The first-order valence-electron chi connectivity index (χ1n) is 11.5. The Morgan fingerprint density at radius 1 is 1.12 bits per heavy atom. The van der Waals surface area contributed by atoms with Gasteiger partial charge in [0, 0.05) is 24.8 Å². The van der Waals surface area contributed by atoms with Gasteiger partial charge in [0.2, 0.25) is 0 Å². The third kappa shape index (κ3) is 5.72. The Balaban J connectivity index is 1.52. The zero-order valence-corrected chi connectivity index (χ0v) is 19.5. The molecule has 2 aromatic carbocycles. The molecule has 4 rings (SSSR count). The molecular formula is C27H30FN3O3. The molecule has 0 bridgehead atoms. The molecule has 1 amide bonds. The summed E-state index contributed by atoms with van der Waals surface area (Å²) in [5, 5.41) is 3.13. The maximum Gasteiger partial charge on any atom is 0.251 e. The van der Waals surface area contributed by atoms with Crippen LogP contribution in [-0.4, -0.2) is 43.1 Å². The molecule has 34 heavy (non-hydrogen) atoms. The highest BCUT2D eigenvalue weighted by atomic mass is 19.1. The average molecular weight is 464 g/mol. The third-order valence-electron chi connectivity index (χ3n) is 6.25. The number of nitrogens with zero attached hydrogens (tertiary/aromatic N) is 2. The summed E-state index contributed by atoms with van der Waals surface area (Å²) in [7, 11) is 3.26. The van der Waals surface area contributed by atoms with E-state index in [2.05, 4.69) is 15.2 Å². The Morgan fingerprint density at radius 3 is 2.71 bits per heavy atom. The summed E-state index contributed by atoms with van der Waals surface area (Å²) in [5.74, 6) is 0.856. The van der Waals surface area contributed by atoms with Crippen LogP contribution in [0.1, 0.15) is 40.5 Å². The molecule has 0 radical (unpaired) electrons. The highest BCUT2D eigenvalue weighted by Gasteiger charge is 2.31. The minimum Gasteiger partial charge on any atom is -0.493 e. The van der Waals surface area contributed by atoms with Crippen molar-refractivity contribution in [1.82, 2.24) is 15.2 Å². The molecule has 1 saturated heterocycles. The molecule has 3 aromatic rings. The van der Waals surface area contributed by atoms with E-state index in [1.54, 1.807) is 32.5 Å². The highest BCUT2D eigenvalue weighted by Crippen LogP contribution is 2.32. The first-order chi connectivity index (χ1) is 16.6. The van der Waals surface area contributed by atoms with Crippen molar-refractivity contribution in [3.05, 3.63) is 89.5 Å². The summed E-state index contributed by atoms with van der Waals surface area (Å²) in [6, 6.07) is 17.2. The largest absolute Gasteiger partial charge is 0.493 e. The van der Waals surface area contributed by atoms with E-state index in [0.29, 0.717) is 17.1 Å². The predicted molar refractivity (Wildman–Crippen MR) is 128 cm³/mol. The van der Waals surface area contributed by atoms with E-state index in [1.807, 2.05) is 36.4 Å². The summed E-state index contributed by atoms with van der Waals surface area (Å²) in [4.78, 5) is 19.9. The minimum absolute atomic E-state index is 0.168. The Kier molecular flexibility index (Phi) is 7.75. The smallest absolute Gasteiger partial charge is 0.251 e. The zero-order valence-electron chi connectivity index (χ0n) is 19.5. The Hall–Kier alpha value is -3.45. The Bertz CT molecular complexity index is 1110. The molecule has 2 atom stereocenters. The van der Waals surface area contributed by atoms with E-state index in [9.17, 15) is 9.18 Å². The summed E-state index contributed by atoms with van der Waals surface area (Å²) in [5.41, 5.74) is 2.25. The summed E-state index contributed by atoms with van der Waals surface area (Å²) in [6.45, 7) is 2.54. The second-order valence-corrected chi connectivity index (χ2v) is 8.54. The fraction of sp³-hybridized carbons (Fsp3) is 0.333. The number of piperidine rings is 1. The number of nitrogens with one attached hydrogen (secondary N) is 1. The fourth-order valence-electron chi connectivity index (χ4n) is 4.59. The lowest BCUT2D eigenvalue weighted by molar-refractivity contribution is 0.0874. The van der Waals surface area contributed by atoms with Gasteiger partial charge in [-0.2, -0.15) is 0 Å². The predicted octanol–water partition coefficient (Wildman–Crippen LogP) is 4.62. The first-order valence-corrected chi connectivity index (χ1v) is 11.5. The van der Waals surface area contributed by atoms with Crippen LogP contribution in [0.25, 0.3) is 0 Å². The van der Waals surface area contributed by atoms with Crippen LogP contribution in [0.2, 0.25) is 0 Å². The van der Waals surface area contributed by atoms with Gasteiger partial charge in [0.25, 0.3) is 5.91 Å². The molecule has 178 valence electrons. The van der Waals surface area contributed by atoms with Crippen LogP contribution >= 0.6 is 0 Å². The SMILES string of the molecule is COc1ccc(CN2CCC[C@H]([C@H](NC(=O)c3cccc(F)c3)c3ccccn3)C2)cc1OC. The number of aromatic nitrogens is 1. The third-order valence-corrected chi connectivity index (χ3v) is 6.25. The van der Waals surface area contributed by atoms with Gasteiger partial charge in [-0.3, -0.25) is 14.7 Å². The van der Waals surface area contributed by atoms with Gasteiger partial charge < -0.3 is 14.8 Å². The number of rotatable bonds is 8. The average Bonchev–Trinajstić information content (AvgIpc) is 2.87. The van der Waals surface area contributed by atoms with Gasteiger partial charge in [-0.1, -0.05) is 18.2 Å². The lowest BCUT2D eigenvalue weighted by Gasteiger charge is -2.37. The number of carbonyl (C=O) groups excluding carboxylic acids is 1. The van der Waals surface area contributed by atoms with Crippen LogP contribution in [0.15, 0.2) is 66.9 Å². The molecule has 0 spiro atoms. The second-order valence-electron chi connectivity index (χ2n) is 8.54. The van der Waals surface area contributed by atoms with Crippen molar-refractivity contribution < 1.29 is 18.7 Å². The van der Waals surface area contributed by atoms with Crippen LogP contribution in [0.4, 0.5) is 4.39 Å². The van der Waals surface area contributed by atoms with Crippen LogP contribution in [0.5, 0.6) is 11.5 Å². The summed E-state index contributed by atoms with van der Waals surface area (Å²) >= 11 is 0. The second kappa shape index (κ2) is 11.1. The lowest BCUT2D eigenvalue weighted by atomic mass is 9.88. The van der Waals surface area contributed by atoms with Crippen LogP contribution in [0, 0.1) is 11.7 Å². The van der Waals surface area contributed by atoms with Gasteiger partial charge in [-0.05, 0) is 73.3 Å². The molecule has 0 unspecified atom stereocenters.